The Morgan fingerprint density at radius 3 is 2.78 bits per heavy atom. The molecule has 0 aliphatic carbocycles. The summed E-state index contributed by atoms with van der Waals surface area (Å²) in [6.45, 7) is 1.34. The van der Waals surface area contributed by atoms with Crippen molar-refractivity contribution in [1.29, 1.82) is 0 Å². The van der Waals surface area contributed by atoms with E-state index < -0.39 is 12.2 Å². The summed E-state index contributed by atoms with van der Waals surface area (Å²) in [5, 5.41) is 18.9. The Morgan fingerprint density at radius 1 is 1.33 bits per heavy atom. The molecule has 1 saturated heterocycles. The predicted molar refractivity (Wildman–Crippen MR) is 65.7 cm³/mol. The van der Waals surface area contributed by atoms with Gasteiger partial charge in [-0.25, -0.2) is 4.98 Å². The maximum Gasteiger partial charge on any atom is 0.209 e. The average Bonchev–Trinajstić information content (AvgIpc) is 2.82. The van der Waals surface area contributed by atoms with Crippen molar-refractivity contribution >= 4 is 16.8 Å². The number of β-amino-alcohol motifs (C(OH)–C–C–N with tert-alkyl or cyclic N) is 2. The van der Waals surface area contributed by atoms with Crippen molar-refractivity contribution in [3.8, 4) is 0 Å². The Kier molecular flexibility index (Phi) is 2.70. The Morgan fingerprint density at radius 2 is 2.06 bits per heavy atom. The van der Waals surface area contributed by atoms with E-state index >= 15 is 0 Å². The molecule has 1 fully saturated rings. The van der Waals surface area contributed by atoms with Gasteiger partial charge in [-0.3, -0.25) is 4.90 Å². The lowest BCUT2D eigenvalue weighted by Gasteiger charge is -2.10. The van der Waals surface area contributed by atoms with Gasteiger partial charge in [-0.05, 0) is 18.2 Å². The van der Waals surface area contributed by atoms with Crippen LogP contribution in [0.3, 0.4) is 0 Å². The van der Waals surface area contributed by atoms with E-state index in [1.165, 1.54) is 0 Å². The molecule has 6 nitrogen and oxygen atoms in total. The van der Waals surface area contributed by atoms with E-state index in [0.29, 0.717) is 36.8 Å². The molecule has 1 aliphatic heterocycles. The second-order valence-electron chi connectivity index (χ2n) is 4.66. The third kappa shape index (κ3) is 2.05. The summed E-state index contributed by atoms with van der Waals surface area (Å²) in [5.41, 5.74) is 7.74. The van der Waals surface area contributed by atoms with Gasteiger partial charge in [0.05, 0.1) is 18.8 Å². The third-order valence-corrected chi connectivity index (χ3v) is 3.15. The first-order valence-electron chi connectivity index (χ1n) is 5.85. The van der Waals surface area contributed by atoms with Crippen molar-refractivity contribution in [2.24, 2.45) is 0 Å². The van der Waals surface area contributed by atoms with Crippen LogP contribution in [-0.2, 0) is 6.54 Å². The summed E-state index contributed by atoms with van der Waals surface area (Å²) in [5.74, 6) is 0.567. The van der Waals surface area contributed by atoms with Crippen LogP contribution in [0.15, 0.2) is 22.6 Å². The number of benzene rings is 1. The van der Waals surface area contributed by atoms with E-state index in [-0.39, 0.29) is 0 Å². The molecular weight excluding hydrogens is 234 g/mol. The minimum Gasteiger partial charge on any atom is -0.439 e. The molecule has 4 N–H and O–H groups in total. The summed E-state index contributed by atoms with van der Waals surface area (Å²) in [6.07, 6.45) is -1.38. The summed E-state index contributed by atoms with van der Waals surface area (Å²) < 4.78 is 5.58. The van der Waals surface area contributed by atoms with Crippen LogP contribution in [0.1, 0.15) is 5.89 Å². The predicted octanol–water partition coefficient (Wildman–Crippen LogP) is -0.0526. The molecular formula is C12H15N3O3. The van der Waals surface area contributed by atoms with E-state index in [4.69, 9.17) is 10.2 Å². The average molecular weight is 249 g/mol. The van der Waals surface area contributed by atoms with Gasteiger partial charge in [0, 0.05) is 18.8 Å². The van der Waals surface area contributed by atoms with E-state index in [1.807, 2.05) is 4.90 Å². The number of anilines is 1. The van der Waals surface area contributed by atoms with E-state index in [9.17, 15) is 10.2 Å². The molecule has 3 rings (SSSR count). The zero-order chi connectivity index (χ0) is 12.7. The van der Waals surface area contributed by atoms with Crippen LogP contribution in [-0.4, -0.2) is 45.4 Å². The van der Waals surface area contributed by atoms with Gasteiger partial charge in [0.1, 0.15) is 5.52 Å². The van der Waals surface area contributed by atoms with Crippen molar-refractivity contribution < 1.29 is 14.6 Å². The number of nitrogens with two attached hydrogens (primary N) is 1. The highest BCUT2D eigenvalue weighted by Crippen LogP contribution is 2.20. The number of aliphatic hydroxyl groups is 2. The zero-order valence-electron chi connectivity index (χ0n) is 9.78. The van der Waals surface area contributed by atoms with Crippen molar-refractivity contribution in [3.05, 3.63) is 24.1 Å². The van der Waals surface area contributed by atoms with E-state index in [1.54, 1.807) is 18.2 Å². The number of aliphatic hydroxyl groups excluding tert-OH is 2. The first kappa shape index (κ1) is 11.5. The fourth-order valence-corrected chi connectivity index (χ4v) is 2.23. The number of hydrogen-bond acceptors (Lipinski definition) is 6. The molecule has 6 heteroatoms. The maximum absolute atomic E-state index is 9.46. The first-order valence-corrected chi connectivity index (χ1v) is 5.85. The molecule has 0 spiro atoms. The maximum atomic E-state index is 9.46. The Labute approximate surface area is 104 Å². The number of aromatic nitrogens is 1. The molecule has 0 bridgehead atoms. The topological polar surface area (TPSA) is 95.8 Å². The molecule has 1 aromatic heterocycles. The fraction of sp³-hybridized carbons (Fsp3) is 0.417. The van der Waals surface area contributed by atoms with Crippen LogP contribution in [0.4, 0.5) is 5.69 Å². The number of nitrogens with zero attached hydrogens (tertiary/aromatic N) is 2. The monoisotopic (exact) mass is 249 g/mol. The Balaban J connectivity index is 1.79. The molecule has 1 aromatic carbocycles. The molecule has 0 saturated carbocycles. The SMILES string of the molecule is Nc1ccc2oc(CN3CC(O)C(O)C3)nc2c1. The number of fused-ring (bicyclic) bond motifs is 1. The molecule has 2 atom stereocenters. The Bertz CT molecular complexity index is 559. The highest BCUT2D eigenvalue weighted by Gasteiger charge is 2.30. The number of hydrogen-bond donors (Lipinski definition) is 3. The Hall–Kier alpha value is -1.63. The standard InChI is InChI=1S/C12H15N3O3/c13-7-1-2-11-8(3-7)14-12(18-11)6-15-4-9(16)10(17)5-15/h1-3,9-10,16-17H,4-6,13H2. The van der Waals surface area contributed by atoms with Crippen molar-refractivity contribution in [1.82, 2.24) is 9.88 Å². The van der Waals surface area contributed by atoms with Crippen molar-refractivity contribution in [2.75, 3.05) is 18.8 Å². The molecule has 18 heavy (non-hydrogen) atoms. The van der Waals surface area contributed by atoms with E-state index in [2.05, 4.69) is 4.98 Å². The smallest absolute Gasteiger partial charge is 0.209 e. The van der Waals surface area contributed by atoms with Gasteiger partial charge >= 0.3 is 0 Å². The quantitative estimate of drug-likeness (QED) is 0.646. The van der Waals surface area contributed by atoms with Crippen LogP contribution >= 0.6 is 0 Å². The molecule has 2 aromatic rings. The lowest BCUT2D eigenvalue weighted by atomic mass is 10.3. The summed E-state index contributed by atoms with van der Waals surface area (Å²) in [7, 11) is 0. The van der Waals surface area contributed by atoms with Gasteiger partial charge in [-0.1, -0.05) is 0 Å². The minimum atomic E-state index is -0.690. The van der Waals surface area contributed by atoms with Gasteiger partial charge < -0.3 is 20.4 Å². The molecule has 2 heterocycles. The van der Waals surface area contributed by atoms with Gasteiger partial charge in [0.25, 0.3) is 0 Å². The normalized spacial score (nSPS) is 25.0. The first-order chi connectivity index (χ1) is 8.61. The molecule has 1 aliphatic rings. The van der Waals surface area contributed by atoms with Gasteiger partial charge in [-0.2, -0.15) is 0 Å². The molecule has 2 unspecified atom stereocenters. The third-order valence-electron chi connectivity index (χ3n) is 3.15. The second-order valence-corrected chi connectivity index (χ2v) is 4.66. The number of likely N-dealkylation sites (tertiary alicyclic amines) is 1. The summed E-state index contributed by atoms with van der Waals surface area (Å²) >= 11 is 0. The van der Waals surface area contributed by atoms with Crippen molar-refractivity contribution in [2.45, 2.75) is 18.8 Å². The summed E-state index contributed by atoms with van der Waals surface area (Å²) in [4.78, 5) is 6.24. The van der Waals surface area contributed by atoms with Crippen LogP contribution in [0, 0.1) is 0 Å². The minimum absolute atomic E-state index is 0.433. The van der Waals surface area contributed by atoms with Crippen LogP contribution in [0.2, 0.25) is 0 Å². The highest BCUT2D eigenvalue weighted by atomic mass is 16.4. The zero-order valence-corrected chi connectivity index (χ0v) is 9.78. The van der Waals surface area contributed by atoms with Crippen LogP contribution < -0.4 is 5.73 Å². The highest BCUT2D eigenvalue weighted by molar-refractivity contribution is 5.76. The lowest BCUT2D eigenvalue weighted by Crippen LogP contribution is -2.22. The van der Waals surface area contributed by atoms with Crippen molar-refractivity contribution in [3.63, 3.8) is 0 Å². The second kappa shape index (κ2) is 4.24. The lowest BCUT2D eigenvalue weighted by molar-refractivity contribution is 0.0572. The number of rotatable bonds is 2. The van der Waals surface area contributed by atoms with Gasteiger partial charge in [-0.15, -0.1) is 0 Å². The van der Waals surface area contributed by atoms with Gasteiger partial charge in [0.2, 0.25) is 5.89 Å². The number of oxazole rings is 1. The van der Waals surface area contributed by atoms with Crippen LogP contribution in [0.25, 0.3) is 11.1 Å². The van der Waals surface area contributed by atoms with E-state index in [0.717, 1.165) is 5.52 Å². The number of nitrogen functional groups attached to an aromatic ring is 1. The van der Waals surface area contributed by atoms with Gasteiger partial charge in [0.15, 0.2) is 5.58 Å². The molecule has 96 valence electrons. The van der Waals surface area contributed by atoms with Crippen LogP contribution in [0.5, 0.6) is 0 Å². The fourth-order valence-electron chi connectivity index (χ4n) is 2.23. The largest absolute Gasteiger partial charge is 0.439 e. The summed E-state index contributed by atoms with van der Waals surface area (Å²) in [6, 6.07) is 5.31. The molecule has 0 radical (unpaired) electrons. The molecule has 0 amide bonds.